The molecule has 0 atom stereocenters. The summed E-state index contributed by atoms with van der Waals surface area (Å²) < 4.78 is 0. The van der Waals surface area contributed by atoms with E-state index >= 15 is 0 Å². The molecule has 0 radical (unpaired) electrons. The van der Waals surface area contributed by atoms with Gasteiger partial charge in [-0.3, -0.25) is 0 Å². The number of hydrogen-bond acceptors (Lipinski definition) is 3. The molecule has 1 aliphatic heterocycles. The molecule has 2 rings (SSSR count). The van der Waals surface area contributed by atoms with Gasteiger partial charge in [-0.2, -0.15) is 0 Å². The summed E-state index contributed by atoms with van der Waals surface area (Å²) in [5.41, 5.74) is 7.90. The molecule has 1 aliphatic rings. The Hall–Kier alpha value is -1.22. The Morgan fingerprint density at radius 2 is 1.79 bits per heavy atom. The second-order valence-electron chi connectivity index (χ2n) is 5.96. The fourth-order valence-corrected chi connectivity index (χ4v) is 2.58. The SMILES string of the molecule is CC(C)CCN1CCCN(c2ccc(N)cc2)CC1. The van der Waals surface area contributed by atoms with Gasteiger partial charge in [0.05, 0.1) is 0 Å². The van der Waals surface area contributed by atoms with Crippen LogP contribution in [0.5, 0.6) is 0 Å². The molecule has 1 heterocycles. The lowest BCUT2D eigenvalue weighted by molar-refractivity contribution is 0.275. The summed E-state index contributed by atoms with van der Waals surface area (Å²) in [6.45, 7) is 10.5. The molecule has 1 aromatic carbocycles. The summed E-state index contributed by atoms with van der Waals surface area (Å²) in [6.07, 6.45) is 2.56. The van der Waals surface area contributed by atoms with Gasteiger partial charge in [0.15, 0.2) is 0 Å². The van der Waals surface area contributed by atoms with Crippen molar-refractivity contribution in [3.05, 3.63) is 24.3 Å². The fourth-order valence-electron chi connectivity index (χ4n) is 2.58. The highest BCUT2D eigenvalue weighted by Crippen LogP contribution is 2.18. The molecule has 3 heteroatoms. The second kappa shape index (κ2) is 6.80. The minimum atomic E-state index is 0.802. The molecule has 3 nitrogen and oxygen atoms in total. The Labute approximate surface area is 117 Å². The highest BCUT2D eigenvalue weighted by molar-refractivity contribution is 5.53. The molecular formula is C16H27N3. The Morgan fingerprint density at radius 1 is 1.05 bits per heavy atom. The molecule has 1 aromatic rings. The number of rotatable bonds is 4. The highest BCUT2D eigenvalue weighted by Gasteiger charge is 2.15. The van der Waals surface area contributed by atoms with Crippen molar-refractivity contribution in [3.8, 4) is 0 Å². The summed E-state index contributed by atoms with van der Waals surface area (Å²) in [4.78, 5) is 5.09. The third kappa shape index (κ3) is 4.43. The van der Waals surface area contributed by atoms with Crippen LogP contribution < -0.4 is 10.6 Å². The predicted molar refractivity (Wildman–Crippen MR) is 83.6 cm³/mol. The van der Waals surface area contributed by atoms with Crippen molar-refractivity contribution >= 4 is 11.4 Å². The van der Waals surface area contributed by atoms with Gasteiger partial charge in [0, 0.05) is 31.0 Å². The van der Waals surface area contributed by atoms with Gasteiger partial charge in [0.2, 0.25) is 0 Å². The van der Waals surface area contributed by atoms with Gasteiger partial charge in [-0.1, -0.05) is 13.8 Å². The van der Waals surface area contributed by atoms with Crippen molar-refractivity contribution in [1.29, 1.82) is 0 Å². The molecule has 0 saturated carbocycles. The van der Waals surface area contributed by atoms with Gasteiger partial charge in [0.1, 0.15) is 0 Å². The number of nitrogen functional groups attached to an aromatic ring is 1. The van der Waals surface area contributed by atoms with Crippen molar-refractivity contribution in [2.45, 2.75) is 26.7 Å². The predicted octanol–water partition coefficient (Wildman–Crippen LogP) is 2.83. The maximum absolute atomic E-state index is 5.75. The standard InChI is InChI=1S/C16H27N3/c1-14(2)8-11-18-9-3-10-19(13-12-18)16-6-4-15(17)5-7-16/h4-7,14H,3,8-13,17H2,1-2H3. The van der Waals surface area contributed by atoms with E-state index in [1.54, 1.807) is 0 Å². The quantitative estimate of drug-likeness (QED) is 0.846. The van der Waals surface area contributed by atoms with E-state index in [1.165, 1.54) is 38.2 Å². The van der Waals surface area contributed by atoms with Crippen LogP contribution in [-0.4, -0.2) is 37.6 Å². The minimum Gasteiger partial charge on any atom is -0.399 e. The Kier molecular flexibility index (Phi) is 5.08. The normalized spacial score (nSPS) is 17.7. The smallest absolute Gasteiger partial charge is 0.0368 e. The lowest BCUT2D eigenvalue weighted by Gasteiger charge is -2.24. The average molecular weight is 261 g/mol. The van der Waals surface area contributed by atoms with Crippen LogP contribution in [0, 0.1) is 5.92 Å². The molecule has 0 aliphatic carbocycles. The maximum Gasteiger partial charge on any atom is 0.0368 e. The van der Waals surface area contributed by atoms with Gasteiger partial charge in [-0.05, 0) is 56.1 Å². The van der Waals surface area contributed by atoms with Crippen molar-refractivity contribution in [1.82, 2.24) is 4.90 Å². The molecule has 2 N–H and O–H groups in total. The fraction of sp³-hybridized carbons (Fsp3) is 0.625. The minimum absolute atomic E-state index is 0.802. The highest BCUT2D eigenvalue weighted by atomic mass is 15.2. The van der Waals surface area contributed by atoms with E-state index in [2.05, 4.69) is 35.8 Å². The Morgan fingerprint density at radius 3 is 2.47 bits per heavy atom. The Bertz CT molecular complexity index is 372. The number of benzene rings is 1. The van der Waals surface area contributed by atoms with E-state index in [9.17, 15) is 0 Å². The summed E-state index contributed by atoms with van der Waals surface area (Å²) in [6, 6.07) is 8.27. The van der Waals surface area contributed by atoms with E-state index in [1.807, 2.05) is 12.1 Å². The van der Waals surface area contributed by atoms with Crippen molar-refractivity contribution < 1.29 is 0 Å². The zero-order valence-electron chi connectivity index (χ0n) is 12.3. The third-order valence-electron chi connectivity index (χ3n) is 3.87. The first-order chi connectivity index (χ1) is 9.15. The molecule has 0 aromatic heterocycles. The van der Waals surface area contributed by atoms with Crippen LogP contribution in [0.4, 0.5) is 11.4 Å². The number of nitrogens with zero attached hydrogens (tertiary/aromatic N) is 2. The van der Waals surface area contributed by atoms with Crippen LogP contribution in [0.15, 0.2) is 24.3 Å². The molecule has 0 unspecified atom stereocenters. The van der Waals surface area contributed by atoms with Crippen molar-refractivity contribution in [2.75, 3.05) is 43.4 Å². The van der Waals surface area contributed by atoms with Crippen molar-refractivity contribution in [3.63, 3.8) is 0 Å². The lowest BCUT2D eigenvalue weighted by atomic mass is 10.1. The van der Waals surface area contributed by atoms with E-state index in [4.69, 9.17) is 5.73 Å². The first-order valence-electron chi connectivity index (χ1n) is 7.48. The number of anilines is 2. The molecule has 1 saturated heterocycles. The van der Waals surface area contributed by atoms with Gasteiger partial charge in [-0.15, -0.1) is 0 Å². The molecular weight excluding hydrogens is 234 g/mol. The van der Waals surface area contributed by atoms with Gasteiger partial charge >= 0.3 is 0 Å². The van der Waals surface area contributed by atoms with Gasteiger partial charge < -0.3 is 15.5 Å². The van der Waals surface area contributed by atoms with E-state index in [0.717, 1.165) is 24.7 Å². The molecule has 19 heavy (non-hydrogen) atoms. The van der Waals surface area contributed by atoms with E-state index < -0.39 is 0 Å². The summed E-state index contributed by atoms with van der Waals surface area (Å²) in [5, 5.41) is 0. The van der Waals surface area contributed by atoms with Crippen LogP contribution in [0.2, 0.25) is 0 Å². The van der Waals surface area contributed by atoms with Crippen LogP contribution in [0.3, 0.4) is 0 Å². The maximum atomic E-state index is 5.75. The molecule has 1 fully saturated rings. The van der Waals surface area contributed by atoms with Crippen LogP contribution in [0.1, 0.15) is 26.7 Å². The van der Waals surface area contributed by atoms with E-state index in [0.29, 0.717) is 0 Å². The largest absolute Gasteiger partial charge is 0.399 e. The van der Waals surface area contributed by atoms with Crippen LogP contribution >= 0.6 is 0 Å². The lowest BCUT2D eigenvalue weighted by Crippen LogP contribution is -2.31. The first-order valence-corrected chi connectivity index (χ1v) is 7.48. The van der Waals surface area contributed by atoms with Crippen LogP contribution in [0.25, 0.3) is 0 Å². The molecule has 0 bridgehead atoms. The Balaban J connectivity index is 1.87. The van der Waals surface area contributed by atoms with Crippen molar-refractivity contribution in [2.24, 2.45) is 5.92 Å². The zero-order valence-corrected chi connectivity index (χ0v) is 12.3. The second-order valence-corrected chi connectivity index (χ2v) is 5.96. The summed E-state index contributed by atoms with van der Waals surface area (Å²) in [5.74, 6) is 0.802. The zero-order chi connectivity index (χ0) is 13.7. The number of nitrogens with two attached hydrogens (primary N) is 1. The van der Waals surface area contributed by atoms with E-state index in [-0.39, 0.29) is 0 Å². The molecule has 0 amide bonds. The van der Waals surface area contributed by atoms with Gasteiger partial charge in [-0.25, -0.2) is 0 Å². The third-order valence-corrected chi connectivity index (χ3v) is 3.87. The molecule has 106 valence electrons. The first kappa shape index (κ1) is 14.2. The topological polar surface area (TPSA) is 32.5 Å². The number of hydrogen-bond donors (Lipinski definition) is 1. The van der Waals surface area contributed by atoms with Crippen LogP contribution in [-0.2, 0) is 0 Å². The molecule has 0 spiro atoms. The summed E-state index contributed by atoms with van der Waals surface area (Å²) >= 11 is 0. The summed E-state index contributed by atoms with van der Waals surface area (Å²) in [7, 11) is 0. The van der Waals surface area contributed by atoms with Gasteiger partial charge in [0.25, 0.3) is 0 Å². The average Bonchev–Trinajstić information content (AvgIpc) is 2.63. The monoisotopic (exact) mass is 261 g/mol.